The van der Waals surface area contributed by atoms with Crippen molar-refractivity contribution in [3.63, 3.8) is 0 Å². The van der Waals surface area contributed by atoms with Gasteiger partial charge >= 0.3 is 0 Å². The second kappa shape index (κ2) is 3.84. The third-order valence-electron chi connectivity index (χ3n) is 2.43. The molecule has 0 saturated heterocycles. The van der Waals surface area contributed by atoms with Crippen LogP contribution in [0, 0.1) is 0 Å². The molecule has 0 heterocycles. The van der Waals surface area contributed by atoms with Crippen LogP contribution in [0.15, 0.2) is 0 Å². The third-order valence-corrected chi connectivity index (χ3v) is 3.88. The van der Waals surface area contributed by atoms with Crippen molar-refractivity contribution in [2.75, 3.05) is 0 Å². The molecule has 0 radical (unpaired) electrons. The van der Waals surface area contributed by atoms with Crippen LogP contribution in [0.4, 0.5) is 0 Å². The summed E-state index contributed by atoms with van der Waals surface area (Å²) in [5, 5.41) is 0.804. The first-order valence-corrected chi connectivity index (χ1v) is 5.68. The Morgan fingerprint density at radius 2 is 1.64 bits per heavy atom. The van der Waals surface area contributed by atoms with Crippen LogP contribution in [0.25, 0.3) is 0 Å². The lowest BCUT2D eigenvalue weighted by Crippen LogP contribution is -2.25. The van der Waals surface area contributed by atoms with E-state index >= 15 is 0 Å². The van der Waals surface area contributed by atoms with Gasteiger partial charge in [0.15, 0.2) is 0 Å². The van der Waals surface area contributed by atoms with Crippen LogP contribution < -0.4 is 0 Å². The van der Waals surface area contributed by atoms with Gasteiger partial charge in [0.25, 0.3) is 0 Å². The van der Waals surface area contributed by atoms with Gasteiger partial charge in [-0.15, -0.1) is 0 Å². The maximum absolute atomic E-state index is 2.44. The van der Waals surface area contributed by atoms with Gasteiger partial charge in [-0.05, 0) is 18.1 Å². The van der Waals surface area contributed by atoms with Crippen molar-refractivity contribution in [3.05, 3.63) is 0 Å². The Bertz CT molecular complexity index is 112. The summed E-state index contributed by atoms with van der Waals surface area (Å²) in [7, 11) is 0. The lowest BCUT2D eigenvalue weighted by molar-refractivity contribution is 0.421. The Morgan fingerprint density at radius 3 is 2.09 bits per heavy atom. The first kappa shape index (κ1) is 9.44. The average molecular weight is 172 g/mol. The molecule has 1 aliphatic carbocycles. The van der Waals surface area contributed by atoms with E-state index in [-0.39, 0.29) is 0 Å². The van der Waals surface area contributed by atoms with Gasteiger partial charge in [0, 0.05) is 4.75 Å². The molecule has 1 aliphatic rings. The number of hydrogen-bond acceptors (Lipinski definition) is 1. The molecule has 0 aromatic rings. The average Bonchev–Trinajstić information content (AvgIpc) is 1.85. The molecule has 0 atom stereocenters. The SMILES string of the molecule is CC(C)SC1(C)CCCCC1. The molecule has 0 N–H and O–H groups in total. The van der Waals surface area contributed by atoms with Crippen molar-refractivity contribution in [1.29, 1.82) is 0 Å². The summed E-state index contributed by atoms with van der Waals surface area (Å²) in [4.78, 5) is 0. The number of rotatable bonds is 2. The fourth-order valence-corrected chi connectivity index (χ4v) is 3.65. The fourth-order valence-electron chi connectivity index (χ4n) is 1.99. The standard InChI is InChI=1S/C10H20S/c1-9(2)11-10(3)7-5-4-6-8-10/h9H,4-8H2,1-3H3. The van der Waals surface area contributed by atoms with Gasteiger partial charge in [-0.25, -0.2) is 0 Å². The van der Waals surface area contributed by atoms with Crippen LogP contribution in [0.2, 0.25) is 0 Å². The molecule has 1 heteroatoms. The molecule has 0 aliphatic heterocycles. The second-order valence-corrected chi connectivity index (χ2v) is 6.34. The van der Waals surface area contributed by atoms with Gasteiger partial charge < -0.3 is 0 Å². The highest BCUT2D eigenvalue weighted by molar-refractivity contribution is 8.01. The van der Waals surface area contributed by atoms with E-state index in [4.69, 9.17) is 0 Å². The van der Waals surface area contributed by atoms with E-state index in [1.807, 2.05) is 0 Å². The van der Waals surface area contributed by atoms with Gasteiger partial charge in [0.05, 0.1) is 0 Å². The van der Waals surface area contributed by atoms with E-state index in [0.29, 0.717) is 4.75 Å². The molecule has 1 rings (SSSR count). The molecule has 11 heavy (non-hydrogen) atoms. The van der Waals surface area contributed by atoms with Crippen LogP contribution in [0.3, 0.4) is 0 Å². The third kappa shape index (κ3) is 3.06. The smallest absolute Gasteiger partial charge is 0.0134 e. The highest BCUT2D eigenvalue weighted by Gasteiger charge is 2.27. The molecule has 0 spiro atoms. The van der Waals surface area contributed by atoms with Crippen molar-refractivity contribution < 1.29 is 0 Å². The normalized spacial score (nSPS) is 24.0. The van der Waals surface area contributed by atoms with Crippen molar-refractivity contribution >= 4 is 11.8 Å². The van der Waals surface area contributed by atoms with Gasteiger partial charge in [0.1, 0.15) is 0 Å². The molecule has 0 unspecified atom stereocenters. The van der Waals surface area contributed by atoms with E-state index in [1.165, 1.54) is 32.1 Å². The highest BCUT2D eigenvalue weighted by Crippen LogP contribution is 2.41. The van der Waals surface area contributed by atoms with Crippen LogP contribution in [0.5, 0.6) is 0 Å². The van der Waals surface area contributed by atoms with Crippen molar-refractivity contribution in [3.8, 4) is 0 Å². The Hall–Kier alpha value is 0.350. The predicted octanol–water partition coefficient (Wildman–Crippen LogP) is 3.85. The molecule has 0 nitrogen and oxygen atoms in total. The zero-order valence-electron chi connectivity index (χ0n) is 8.02. The monoisotopic (exact) mass is 172 g/mol. The Balaban J connectivity index is 2.37. The Kier molecular flexibility index (Phi) is 3.29. The quantitative estimate of drug-likeness (QED) is 0.609. The molecule has 1 fully saturated rings. The largest absolute Gasteiger partial charge is 0.153 e. The molecular weight excluding hydrogens is 152 g/mol. The van der Waals surface area contributed by atoms with Gasteiger partial charge in [0.2, 0.25) is 0 Å². The zero-order chi connectivity index (χ0) is 8.32. The van der Waals surface area contributed by atoms with Crippen molar-refractivity contribution in [2.45, 2.75) is 62.9 Å². The molecule has 0 aromatic carbocycles. The lowest BCUT2D eigenvalue weighted by Gasteiger charge is -2.34. The van der Waals surface area contributed by atoms with Crippen LogP contribution in [-0.4, -0.2) is 10.00 Å². The summed E-state index contributed by atoms with van der Waals surface area (Å²) in [5.74, 6) is 0. The Morgan fingerprint density at radius 1 is 1.09 bits per heavy atom. The number of thioether (sulfide) groups is 1. The van der Waals surface area contributed by atoms with E-state index in [1.54, 1.807) is 0 Å². The maximum Gasteiger partial charge on any atom is 0.0134 e. The summed E-state index contributed by atoms with van der Waals surface area (Å²) in [5.41, 5.74) is 0. The highest BCUT2D eigenvalue weighted by atomic mass is 32.2. The van der Waals surface area contributed by atoms with Crippen LogP contribution >= 0.6 is 11.8 Å². The van der Waals surface area contributed by atoms with E-state index in [2.05, 4.69) is 32.5 Å². The molecule has 0 aromatic heterocycles. The van der Waals surface area contributed by atoms with Crippen LogP contribution in [0.1, 0.15) is 52.9 Å². The van der Waals surface area contributed by atoms with E-state index in [9.17, 15) is 0 Å². The second-order valence-electron chi connectivity index (χ2n) is 4.18. The molecule has 0 amide bonds. The van der Waals surface area contributed by atoms with E-state index in [0.717, 1.165) is 5.25 Å². The molecular formula is C10H20S. The first-order chi connectivity index (χ1) is 5.12. The van der Waals surface area contributed by atoms with Crippen molar-refractivity contribution in [1.82, 2.24) is 0 Å². The van der Waals surface area contributed by atoms with Gasteiger partial charge in [-0.1, -0.05) is 40.0 Å². The summed E-state index contributed by atoms with van der Waals surface area (Å²) >= 11 is 2.18. The van der Waals surface area contributed by atoms with E-state index < -0.39 is 0 Å². The minimum absolute atomic E-state index is 0.617. The zero-order valence-corrected chi connectivity index (χ0v) is 8.84. The minimum Gasteiger partial charge on any atom is -0.153 e. The summed E-state index contributed by atoms with van der Waals surface area (Å²) < 4.78 is 0.617. The van der Waals surface area contributed by atoms with Crippen molar-refractivity contribution in [2.24, 2.45) is 0 Å². The Labute approximate surface area is 75.1 Å². The topological polar surface area (TPSA) is 0 Å². The first-order valence-electron chi connectivity index (χ1n) is 4.80. The molecule has 1 saturated carbocycles. The maximum atomic E-state index is 2.44. The molecule has 66 valence electrons. The lowest BCUT2D eigenvalue weighted by atomic mass is 9.90. The molecule has 0 bridgehead atoms. The fraction of sp³-hybridized carbons (Fsp3) is 1.00. The number of hydrogen-bond donors (Lipinski definition) is 0. The minimum atomic E-state index is 0.617. The summed E-state index contributed by atoms with van der Waals surface area (Å²) in [6.07, 6.45) is 7.26. The summed E-state index contributed by atoms with van der Waals surface area (Å²) in [6.45, 7) is 7.06. The van der Waals surface area contributed by atoms with Crippen LogP contribution in [-0.2, 0) is 0 Å². The van der Waals surface area contributed by atoms with Gasteiger partial charge in [-0.2, -0.15) is 11.8 Å². The summed E-state index contributed by atoms with van der Waals surface area (Å²) in [6, 6.07) is 0. The van der Waals surface area contributed by atoms with Gasteiger partial charge in [-0.3, -0.25) is 0 Å². The predicted molar refractivity (Wildman–Crippen MR) is 54.2 cm³/mol.